The highest BCUT2D eigenvalue weighted by molar-refractivity contribution is 6.06. The summed E-state index contributed by atoms with van der Waals surface area (Å²) in [7, 11) is 1.32. The predicted octanol–water partition coefficient (Wildman–Crippen LogP) is 3.15. The van der Waals surface area contributed by atoms with E-state index in [1.807, 2.05) is 25.1 Å². The number of furan rings is 1. The molecule has 0 saturated heterocycles. The van der Waals surface area contributed by atoms with Gasteiger partial charge in [-0.1, -0.05) is 18.2 Å². The molecule has 0 fully saturated rings. The summed E-state index contributed by atoms with van der Waals surface area (Å²) < 4.78 is 10.4. The Balaban J connectivity index is 1.89. The van der Waals surface area contributed by atoms with Crippen molar-refractivity contribution in [3.05, 3.63) is 58.0 Å². The van der Waals surface area contributed by atoms with Crippen LogP contribution in [-0.2, 0) is 11.2 Å². The number of nitrogens with one attached hydrogen (secondary N) is 1. The summed E-state index contributed by atoms with van der Waals surface area (Å²) in [6.45, 7) is 3.68. The molecule has 130 valence electrons. The Morgan fingerprint density at radius 2 is 1.96 bits per heavy atom. The van der Waals surface area contributed by atoms with E-state index >= 15 is 0 Å². The van der Waals surface area contributed by atoms with Crippen molar-refractivity contribution in [3.63, 3.8) is 0 Å². The van der Waals surface area contributed by atoms with Crippen LogP contribution in [0.5, 0.6) is 0 Å². The van der Waals surface area contributed by atoms with Crippen LogP contribution in [0.2, 0.25) is 0 Å². The van der Waals surface area contributed by atoms with Gasteiger partial charge in [-0.05, 0) is 38.3 Å². The number of benzene rings is 1. The van der Waals surface area contributed by atoms with Crippen LogP contribution in [0.15, 0.2) is 33.8 Å². The quantitative estimate of drug-likeness (QED) is 0.687. The van der Waals surface area contributed by atoms with Crippen LogP contribution < -0.4 is 5.43 Å². The van der Waals surface area contributed by atoms with Gasteiger partial charge in [0.2, 0.25) is 5.76 Å². The lowest BCUT2D eigenvalue weighted by Crippen LogP contribution is -2.22. The van der Waals surface area contributed by atoms with Gasteiger partial charge in [-0.2, -0.15) is 5.10 Å². The molecule has 3 rings (SSSR count). The number of methoxy groups -OCH3 is 1. The number of esters is 1. The zero-order chi connectivity index (χ0) is 18.0. The van der Waals surface area contributed by atoms with Crippen LogP contribution in [0.4, 0.5) is 0 Å². The molecule has 1 aliphatic carbocycles. The minimum atomic E-state index is -0.504. The number of hydrazone groups is 1. The van der Waals surface area contributed by atoms with E-state index in [1.165, 1.54) is 7.11 Å². The highest BCUT2D eigenvalue weighted by Crippen LogP contribution is 2.30. The minimum Gasteiger partial charge on any atom is -0.463 e. The van der Waals surface area contributed by atoms with Gasteiger partial charge in [-0.25, -0.2) is 10.2 Å². The Labute approximate surface area is 145 Å². The average molecular weight is 340 g/mol. The van der Waals surface area contributed by atoms with Crippen LogP contribution in [0, 0.1) is 13.8 Å². The largest absolute Gasteiger partial charge is 0.463 e. The third-order valence-corrected chi connectivity index (χ3v) is 4.38. The third kappa shape index (κ3) is 3.20. The second-order valence-electron chi connectivity index (χ2n) is 6.01. The molecule has 0 aliphatic heterocycles. The van der Waals surface area contributed by atoms with Gasteiger partial charge in [0.15, 0.2) is 0 Å². The number of amides is 1. The molecule has 1 aliphatic rings. The highest BCUT2D eigenvalue weighted by Gasteiger charge is 2.28. The van der Waals surface area contributed by atoms with Crippen LogP contribution in [0.25, 0.3) is 0 Å². The van der Waals surface area contributed by atoms with Crippen molar-refractivity contribution in [3.8, 4) is 0 Å². The number of fused-ring (bicyclic) bond motifs is 1. The van der Waals surface area contributed by atoms with E-state index in [2.05, 4.69) is 10.5 Å². The summed E-state index contributed by atoms with van der Waals surface area (Å²) in [6, 6.07) is 7.34. The van der Waals surface area contributed by atoms with Gasteiger partial charge in [-0.3, -0.25) is 4.79 Å². The van der Waals surface area contributed by atoms with Crippen molar-refractivity contribution in [2.45, 2.75) is 33.1 Å². The molecule has 25 heavy (non-hydrogen) atoms. The molecule has 0 atom stereocenters. The Kier molecular flexibility index (Phi) is 4.70. The molecular formula is C19H20N2O4. The number of rotatable bonds is 3. The first-order valence-electron chi connectivity index (χ1n) is 8.16. The second-order valence-corrected chi connectivity index (χ2v) is 6.01. The molecule has 0 radical (unpaired) electrons. The van der Waals surface area contributed by atoms with E-state index in [0.717, 1.165) is 29.7 Å². The SMILES string of the molecule is COC(=O)c1oc2c(c1C)/C(=N/NC(=O)c1ccccc1C)CCC2. The van der Waals surface area contributed by atoms with Crippen LogP contribution in [-0.4, -0.2) is 24.7 Å². The van der Waals surface area contributed by atoms with Crippen molar-refractivity contribution in [1.82, 2.24) is 5.43 Å². The van der Waals surface area contributed by atoms with Crippen LogP contribution in [0.1, 0.15) is 56.2 Å². The summed E-state index contributed by atoms with van der Waals surface area (Å²) in [5.41, 5.74) is 6.32. The summed E-state index contributed by atoms with van der Waals surface area (Å²) in [6.07, 6.45) is 2.29. The van der Waals surface area contributed by atoms with E-state index in [0.29, 0.717) is 23.3 Å². The minimum absolute atomic E-state index is 0.201. The summed E-state index contributed by atoms with van der Waals surface area (Å²) in [5, 5.41) is 4.31. The molecule has 0 spiro atoms. The van der Waals surface area contributed by atoms with Gasteiger partial charge in [0.25, 0.3) is 5.91 Å². The smallest absolute Gasteiger partial charge is 0.374 e. The molecule has 0 unspecified atom stereocenters. The molecule has 0 bridgehead atoms. The van der Waals surface area contributed by atoms with Crippen molar-refractivity contribution in [2.75, 3.05) is 7.11 Å². The monoisotopic (exact) mass is 340 g/mol. The van der Waals surface area contributed by atoms with Gasteiger partial charge >= 0.3 is 5.97 Å². The molecule has 0 saturated carbocycles. The standard InChI is InChI=1S/C19H20N2O4/c1-11-7-4-5-8-13(11)18(22)21-20-14-9-6-10-15-16(14)12(2)17(25-15)19(23)24-3/h4-5,7-8H,6,9-10H2,1-3H3,(H,21,22)/b20-14+. The van der Waals surface area contributed by atoms with Gasteiger partial charge in [0.1, 0.15) is 5.76 Å². The third-order valence-electron chi connectivity index (χ3n) is 4.38. The second kappa shape index (κ2) is 6.93. The van der Waals surface area contributed by atoms with Crippen LogP contribution >= 0.6 is 0 Å². The number of nitrogens with zero attached hydrogens (tertiary/aromatic N) is 1. The van der Waals surface area contributed by atoms with Crippen molar-refractivity contribution in [1.29, 1.82) is 0 Å². The highest BCUT2D eigenvalue weighted by atomic mass is 16.5. The predicted molar refractivity (Wildman–Crippen MR) is 92.9 cm³/mol. The molecule has 1 heterocycles. The van der Waals surface area contributed by atoms with Gasteiger partial charge < -0.3 is 9.15 Å². The fourth-order valence-corrected chi connectivity index (χ4v) is 3.07. The number of hydrogen-bond acceptors (Lipinski definition) is 5. The Morgan fingerprint density at radius 1 is 1.20 bits per heavy atom. The first-order chi connectivity index (χ1) is 12.0. The topological polar surface area (TPSA) is 80.9 Å². The molecule has 1 amide bonds. The molecule has 6 heteroatoms. The van der Waals surface area contributed by atoms with E-state index < -0.39 is 5.97 Å². The summed E-state index contributed by atoms with van der Waals surface area (Å²) in [5.74, 6) is 0.155. The Bertz CT molecular complexity index is 864. The zero-order valence-corrected chi connectivity index (χ0v) is 14.5. The molecular weight excluding hydrogens is 320 g/mol. The normalized spacial score (nSPS) is 14.9. The lowest BCUT2D eigenvalue weighted by molar-refractivity contribution is 0.0561. The van der Waals surface area contributed by atoms with Crippen molar-refractivity contribution < 1.29 is 18.7 Å². The van der Waals surface area contributed by atoms with E-state index in [9.17, 15) is 9.59 Å². The first kappa shape index (κ1) is 17.0. The molecule has 2 aromatic rings. The Morgan fingerprint density at radius 3 is 2.68 bits per heavy atom. The van der Waals surface area contributed by atoms with E-state index in [1.54, 1.807) is 13.0 Å². The number of aryl methyl sites for hydroxylation is 2. The van der Waals surface area contributed by atoms with Crippen molar-refractivity contribution in [2.24, 2.45) is 5.10 Å². The van der Waals surface area contributed by atoms with Crippen molar-refractivity contribution >= 4 is 17.6 Å². The van der Waals surface area contributed by atoms with E-state index in [-0.39, 0.29) is 11.7 Å². The Hall–Kier alpha value is -2.89. The van der Waals surface area contributed by atoms with Gasteiger partial charge in [0, 0.05) is 23.1 Å². The fourth-order valence-electron chi connectivity index (χ4n) is 3.07. The number of ether oxygens (including phenoxy) is 1. The lowest BCUT2D eigenvalue weighted by atomic mass is 9.93. The van der Waals surface area contributed by atoms with Crippen LogP contribution in [0.3, 0.4) is 0 Å². The number of carbonyl (C=O) groups is 2. The zero-order valence-electron chi connectivity index (χ0n) is 14.5. The maximum absolute atomic E-state index is 12.3. The number of hydrogen-bond donors (Lipinski definition) is 1. The molecule has 1 N–H and O–H groups in total. The molecule has 1 aromatic carbocycles. The van der Waals surface area contributed by atoms with Gasteiger partial charge in [-0.15, -0.1) is 0 Å². The summed E-state index contributed by atoms with van der Waals surface area (Å²) in [4.78, 5) is 24.2. The van der Waals surface area contributed by atoms with Gasteiger partial charge in [0.05, 0.1) is 12.8 Å². The van der Waals surface area contributed by atoms with E-state index in [4.69, 9.17) is 9.15 Å². The molecule has 6 nitrogen and oxygen atoms in total. The fraction of sp³-hybridized carbons (Fsp3) is 0.316. The maximum atomic E-state index is 12.3. The maximum Gasteiger partial charge on any atom is 0.374 e. The number of carbonyl (C=O) groups excluding carboxylic acids is 2. The lowest BCUT2D eigenvalue weighted by Gasteiger charge is -2.13. The average Bonchev–Trinajstić information content (AvgIpc) is 2.97. The molecule has 1 aromatic heterocycles. The summed E-state index contributed by atoms with van der Waals surface area (Å²) >= 11 is 0. The first-order valence-corrected chi connectivity index (χ1v) is 8.16.